The summed E-state index contributed by atoms with van der Waals surface area (Å²) in [6.45, 7) is 3.71. The van der Waals surface area contributed by atoms with E-state index < -0.39 is 5.25 Å². The van der Waals surface area contributed by atoms with Crippen LogP contribution in [0.1, 0.15) is 11.8 Å². The molecule has 4 aromatic rings. The van der Waals surface area contributed by atoms with Gasteiger partial charge in [0, 0.05) is 10.6 Å². The Morgan fingerprint density at radius 1 is 1.13 bits per heavy atom. The van der Waals surface area contributed by atoms with Crippen LogP contribution in [0.3, 0.4) is 0 Å². The highest BCUT2D eigenvalue weighted by atomic mass is 32.2. The van der Waals surface area contributed by atoms with Gasteiger partial charge in [0.1, 0.15) is 16.3 Å². The van der Waals surface area contributed by atoms with Crippen LogP contribution < -0.4 is 15.6 Å². The predicted molar refractivity (Wildman–Crippen MR) is 122 cm³/mol. The summed E-state index contributed by atoms with van der Waals surface area (Å²) >= 11 is 2.68. The Bertz CT molecular complexity index is 1230. The van der Waals surface area contributed by atoms with Gasteiger partial charge in [0.25, 0.3) is 5.56 Å². The first-order valence-electron chi connectivity index (χ1n) is 9.29. The van der Waals surface area contributed by atoms with Gasteiger partial charge in [-0.25, -0.2) is 4.98 Å². The molecule has 1 amide bonds. The molecule has 2 heterocycles. The van der Waals surface area contributed by atoms with Crippen LogP contribution in [0.15, 0.2) is 70.6 Å². The highest BCUT2D eigenvalue weighted by molar-refractivity contribution is 8.00. The number of thioether (sulfide) groups is 1. The van der Waals surface area contributed by atoms with Crippen molar-refractivity contribution in [1.29, 1.82) is 0 Å². The minimum atomic E-state index is -0.438. The van der Waals surface area contributed by atoms with Crippen molar-refractivity contribution in [3.8, 4) is 11.5 Å². The number of nitrogens with zero attached hydrogens (tertiary/aromatic N) is 1. The third-order valence-corrected chi connectivity index (χ3v) is 6.19. The van der Waals surface area contributed by atoms with Crippen LogP contribution >= 0.6 is 23.1 Å². The van der Waals surface area contributed by atoms with Gasteiger partial charge in [-0.3, -0.25) is 9.59 Å². The molecule has 0 saturated carbocycles. The molecule has 6 nitrogen and oxygen atoms in total. The first-order chi connectivity index (χ1) is 14.5. The first-order valence-corrected chi connectivity index (χ1v) is 11.0. The molecule has 0 aliphatic heterocycles. The molecular weight excluding hydrogens is 418 g/mol. The number of aryl methyl sites for hydroxylation is 1. The van der Waals surface area contributed by atoms with Gasteiger partial charge in [0.2, 0.25) is 5.91 Å². The molecule has 2 aromatic carbocycles. The maximum atomic E-state index is 12.6. The summed E-state index contributed by atoms with van der Waals surface area (Å²) in [5.74, 6) is 1.25. The molecule has 0 radical (unpaired) electrons. The SMILES string of the molecule is Cc1cc2c(=O)[nH]c(SC(C)C(=O)Nc3ccc(Oc4ccccc4)cc3)nc2s1. The number of aromatic nitrogens is 2. The maximum Gasteiger partial charge on any atom is 0.260 e. The van der Waals surface area contributed by atoms with Crippen LogP contribution in [0.25, 0.3) is 10.2 Å². The summed E-state index contributed by atoms with van der Waals surface area (Å²) in [5.41, 5.74) is 0.479. The average molecular weight is 438 g/mol. The maximum absolute atomic E-state index is 12.6. The average Bonchev–Trinajstić information content (AvgIpc) is 3.11. The number of rotatable bonds is 6. The van der Waals surface area contributed by atoms with Crippen molar-refractivity contribution in [3.05, 3.63) is 75.9 Å². The summed E-state index contributed by atoms with van der Waals surface area (Å²) in [6, 6.07) is 18.5. The summed E-state index contributed by atoms with van der Waals surface area (Å²) in [6.07, 6.45) is 0. The molecule has 0 spiro atoms. The quantitative estimate of drug-likeness (QED) is 0.320. The lowest BCUT2D eigenvalue weighted by molar-refractivity contribution is -0.115. The molecule has 1 atom stereocenters. The van der Waals surface area contributed by atoms with Crippen molar-refractivity contribution in [2.24, 2.45) is 0 Å². The number of thiophene rings is 1. The Labute approximate surface area is 181 Å². The minimum absolute atomic E-state index is 0.179. The van der Waals surface area contributed by atoms with Gasteiger partial charge in [0.05, 0.1) is 10.6 Å². The van der Waals surface area contributed by atoms with Crippen molar-refractivity contribution in [2.45, 2.75) is 24.3 Å². The van der Waals surface area contributed by atoms with Crippen molar-refractivity contribution < 1.29 is 9.53 Å². The zero-order chi connectivity index (χ0) is 21.1. The summed E-state index contributed by atoms with van der Waals surface area (Å²) in [7, 11) is 0. The molecule has 0 aliphatic carbocycles. The van der Waals surface area contributed by atoms with Crippen LogP contribution in [0.2, 0.25) is 0 Å². The number of hydrogen-bond acceptors (Lipinski definition) is 6. The second-order valence-corrected chi connectivity index (χ2v) is 9.20. The molecule has 152 valence electrons. The Kier molecular flexibility index (Phi) is 5.87. The van der Waals surface area contributed by atoms with Crippen LogP contribution in [-0.2, 0) is 4.79 Å². The topological polar surface area (TPSA) is 84.1 Å². The number of nitrogens with one attached hydrogen (secondary N) is 2. The third kappa shape index (κ3) is 4.72. The van der Waals surface area contributed by atoms with E-state index in [1.807, 2.05) is 43.3 Å². The first kappa shape index (κ1) is 20.2. The van der Waals surface area contributed by atoms with Gasteiger partial charge in [-0.1, -0.05) is 30.0 Å². The lowest BCUT2D eigenvalue weighted by atomic mass is 10.3. The third-order valence-electron chi connectivity index (χ3n) is 4.26. The normalized spacial score (nSPS) is 11.9. The van der Waals surface area contributed by atoms with Gasteiger partial charge in [-0.15, -0.1) is 11.3 Å². The van der Waals surface area contributed by atoms with E-state index in [0.29, 0.717) is 26.8 Å². The number of para-hydroxylation sites is 1. The van der Waals surface area contributed by atoms with Crippen LogP contribution in [0.5, 0.6) is 11.5 Å². The monoisotopic (exact) mass is 437 g/mol. The van der Waals surface area contributed by atoms with E-state index >= 15 is 0 Å². The summed E-state index contributed by atoms with van der Waals surface area (Å²) in [4.78, 5) is 33.7. The largest absolute Gasteiger partial charge is 0.457 e. The molecular formula is C22H19N3O3S2. The van der Waals surface area contributed by atoms with E-state index in [9.17, 15) is 9.59 Å². The summed E-state index contributed by atoms with van der Waals surface area (Å²) in [5, 5.41) is 3.45. The predicted octanol–water partition coefficient (Wildman–Crippen LogP) is 5.20. The Morgan fingerprint density at radius 2 is 1.83 bits per heavy atom. The van der Waals surface area contributed by atoms with Gasteiger partial charge in [-0.2, -0.15) is 0 Å². The smallest absolute Gasteiger partial charge is 0.260 e. The van der Waals surface area contributed by atoms with E-state index in [2.05, 4.69) is 15.3 Å². The zero-order valence-corrected chi connectivity index (χ0v) is 18.0. The number of H-pyrrole nitrogens is 1. The van der Waals surface area contributed by atoms with Crippen molar-refractivity contribution >= 4 is 44.9 Å². The zero-order valence-electron chi connectivity index (χ0n) is 16.3. The van der Waals surface area contributed by atoms with E-state index in [4.69, 9.17) is 4.74 Å². The van der Waals surface area contributed by atoms with E-state index in [-0.39, 0.29) is 11.5 Å². The molecule has 4 rings (SSSR count). The molecule has 2 N–H and O–H groups in total. The van der Waals surface area contributed by atoms with E-state index in [1.54, 1.807) is 31.2 Å². The molecule has 1 unspecified atom stereocenters. The molecule has 0 aliphatic rings. The lowest BCUT2D eigenvalue weighted by Crippen LogP contribution is -2.23. The highest BCUT2D eigenvalue weighted by Crippen LogP contribution is 2.26. The Morgan fingerprint density at radius 3 is 2.57 bits per heavy atom. The number of hydrogen-bond donors (Lipinski definition) is 2. The van der Waals surface area contributed by atoms with Crippen LogP contribution in [0.4, 0.5) is 5.69 Å². The molecule has 0 fully saturated rings. The van der Waals surface area contributed by atoms with Crippen molar-refractivity contribution in [3.63, 3.8) is 0 Å². The number of carbonyl (C=O) groups is 1. The van der Waals surface area contributed by atoms with Gasteiger partial charge < -0.3 is 15.0 Å². The van der Waals surface area contributed by atoms with Crippen LogP contribution in [-0.4, -0.2) is 21.1 Å². The van der Waals surface area contributed by atoms with Crippen molar-refractivity contribution in [1.82, 2.24) is 9.97 Å². The fourth-order valence-corrected chi connectivity index (χ4v) is 4.52. The molecule has 0 bridgehead atoms. The standard InChI is InChI=1S/C22H19N3O3S2/c1-13-12-18-20(27)24-22(25-21(18)29-13)30-14(2)19(26)23-15-8-10-17(11-9-15)28-16-6-4-3-5-7-16/h3-12,14H,1-2H3,(H,23,26)(H,24,25,27). The van der Waals surface area contributed by atoms with E-state index in [1.165, 1.54) is 23.1 Å². The number of anilines is 1. The second-order valence-electron chi connectivity index (χ2n) is 6.64. The molecule has 0 saturated heterocycles. The van der Waals surface area contributed by atoms with E-state index in [0.717, 1.165) is 10.6 Å². The fourth-order valence-electron chi connectivity index (χ4n) is 2.78. The van der Waals surface area contributed by atoms with Gasteiger partial charge >= 0.3 is 0 Å². The van der Waals surface area contributed by atoms with Crippen LogP contribution in [0, 0.1) is 6.92 Å². The van der Waals surface area contributed by atoms with Gasteiger partial charge in [-0.05, 0) is 56.3 Å². The number of ether oxygens (including phenoxy) is 1. The number of benzene rings is 2. The number of aromatic amines is 1. The van der Waals surface area contributed by atoms with Crippen molar-refractivity contribution in [2.75, 3.05) is 5.32 Å². The number of carbonyl (C=O) groups excluding carboxylic acids is 1. The second kappa shape index (κ2) is 8.73. The molecule has 2 aromatic heterocycles. The lowest BCUT2D eigenvalue weighted by Gasteiger charge is -2.12. The Balaban J connectivity index is 1.39. The number of fused-ring (bicyclic) bond motifs is 1. The number of amides is 1. The minimum Gasteiger partial charge on any atom is -0.457 e. The fraction of sp³-hybridized carbons (Fsp3) is 0.136. The van der Waals surface area contributed by atoms with Gasteiger partial charge in [0.15, 0.2) is 5.16 Å². The summed E-state index contributed by atoms with van der Waals surface area (Å²) < 4.78 is 5.75. The molecule has 30 heavy (non-hydrogen) atoms. The Hall–Kier alpha value is -3.10. The highest BCUT2D eigenvalue weighted by Gasteiger charge is 2.17. The molecule has 8 heteroatoms.